The predicted molar refractivity (Wildman–Crippen MR) is 96.4 cm³/mol. The number of aliphatic hydroxyl groups excluding tert-OH is 1. The average Bonchev–Trinajstić information content (AvgIpc) is 3.19. The van der Waals surface area contributed by atoms with Gasteiger partial charge in [-0.1, -0.05) is 0 Å². The summed E-state index contributed by atoms with van der Waals surface area (Å²) < 4.78 is 0. The smallest absolute Gasteiger partial charge is 0.242 e. The van der Waals surface area contributed by atoms with Crippen LogP contribution in [0.1, 0.15) is 55.5 Å². The van der Waals surface area contributed by atoms with Gasteiger partial charge in [-0.3, -0.25) is 9.59 Å². The number of carbonyl (C=O) groups is 2. The molecule has 0 unspecified atom stereocenters. The molecule has 1 aromatic heterocycles. The molecule has 138 valence electrons. The Labute approximate surface area is 152 Å². The van der Waals surface area contributed by atoms with Crippen LogP contribution in [0.2, 0.25) is 0 Å². The number of aryl methyl sites for hydroxylation is 1. The van der Waals surface area contributed by atoms with Gasteiger partial charge < -0.3 is 15.3 Å². The Hall–Kier alpha value is -1.47. The quantitative estimate of drug-likeness (QED) is 0.853. The minimum Gasteiger partial charge on any atom is -0.391 e. The van der Waals surface area contributed by atoms with Crippen molar-refractivity contribution in [3.05, 3.63) is 16.1 Å². The van der Waals surface area contributed by atoms with Crippen molar-refractivity contribution in [1.29, 1.82) is 0 Å². The van der Waals surface area contributed by atoms with Crippen LogP contribution in [0.5, 0.6) is 0 Å². The molecular weight excluding hydrogens is 338 g/mol. The molecule has 2 amide bonds. The molecule has 7 heteroatoms. The van der Waals surface area contributed by atoms with Crippen molar-refractivity contribution in [2.24, 2.45) is 5.92 Å². The topological polar surface area (TPSA) is 82.5 Å². The van der Waals surface area contributed by atoms with Crippen LogP contribution in [0.25, 0.3) is 0 Å². The predicted octanol–water partition coefficient (Wildman–Crippen LogP) is 1.82. The summed E-state index contributed by atoms with van der Waals surface area (Å²) in [6.45, 7) is 4.44. The molecule has 0 aromatic carbocycles. The Morgan fingerprint density at radius 3 is 2.68 bits per heavy atom. The lowest BCUT2D eigenvalue weighted by molar-refractivity contribution is -0.137. The van der Waals surface area contributed by atoms with Crippen LogP contribution in [0.4, 0.5) is 0 Å². The molecule has 1 aliphatic carbocycles. The van der Waals surface area contributed by atoms with Crippen LogP contribution in [-0.2, 0) is 9.59 Å². The Morgan fingerprint density at radius 1 is 1.36 bits per heavy atom. The lowest BCUT2D eigenvalue weighted by Gasteiger charge is -2.29. The van der Waals surface area contributed by atoms with E-state index in [-0.39, 0.29) is 18.4 Å². The highest BCUT2D eigenvalue weighted by Gasteiger charge is 2.37. The molecule has 1 aliphatic heterocycles. The van der Waals surface area contributed by atoms with E-state index in [1.807, 2.05) is 5.51 Å². The molecule has 0 bridgehead atoms. The summed E-state index contributed by atoms with van der Waals surface area (Å²) in [5.41, 5.74) is 3.08. The summed E-state index contributed by atoms with van der Waals surface area (Å²) in [6, 6.07) is -0.524. The molecule has 2 heterocycles. The standard InChI is InChI=1S/C18H27N3O3S/c1-11-17(25-10-20-11)14-5-3-13(4-6-14)8-19-18(24)16-7-15(23)9-21(16)12(2)22/h10,13-16,23H,3-9H2,1-2H3,(H,19,24)/t13?,14?,15-,16+/m1/s1. The molecule has 25 heavy (non-hydrogen) atoms. The summed E-state index contributed by atoms with van der Waals surface area (Å²) in [5, 5.41) is 12.8. The van der Waals surface area contributed by atoms with Crippen molar-refractivity contribution in [3.63, 3.8) is 0 Å². The van der Waals surface area contributed by atoms with Gasteiger partial charge in [0.15, 0.2) is 0 Å². The van der Waals surface area contributed by atoms with E-state index in [0.29, 0.717) is 24.8 Å². The van der Waals surface area contributed by atoms with Crippen LogP contribution in [0.15, 0.2) is 5.51 Å². The average molecular weight is 365 g/mol. The number of β-amino-alcohol motifs (C(OH)–C–C–N with tert-alkyl or cyclic N) is 1. The van der Waals surface area contributed by atoms with Crippen LogP contribution < -0.4 is 5.32 Å². The van der Waals surface area contributed by atoms with E-state index in [1.165, 1.54) is 16.7 Å². The van der Waals surface area contributed by atoms with Crippen molar-refractivity contribution in [2.45, 2.75) is 64.0 Å². The zero-order valence-corrected chi connectivity index (χ0v) is 15.7. The lowest BCUT2D eigenvalue weighted by Crippen LogP contribution is -2.46. The van der Waals surface area contributed by atoms with Crippen LogP contribution in [0, 0.1) is 12.8 Å². The Morgan fingerprint density at radius 2 is 2.08 bits per heavy atom. The third kappa shape index (κ3) is 4.20. The van der Waals surface area contributed by atoms with Gasteiger partial charge in [0.1, 0.15) is 6.04 Å². The molecule has 2 atom stereocenters. The number of hydrogen-bond acceptors (Lipinski definition) is 5. The largest absolute Gasteiger partial charge is 0.391 e. The van der Waals surface area contributed by atoms with Crippen molar-refractivity contribution >= 4 is 23.2 Å². The van der Waals surface area contributed by atoms with Crippen LogP contribution in [0.3, 0.4) is 0 Å². The molecule has 1 aromatic rings. The summed E-state index contributed by atoms with van der Waals surface area (Å²) >= 11 is 1.75. The fourth-order valence-electron chi connectivity index (χ4n) is 4.10. The molecule has 1 saturated heterocycles. The van der Waals surface area contributed by atoms with Gasteiger partial charge in [0.2, 0.25) is 11.8 Å². The number of likely N-dealkylation sites (tertiary alicyclic amines) is 1. The van der Waals surface area contributed by atoms with Gasteiger partial charge in [0.25, 0.3) is 0 Å². The summed E-state index contributed by atoms with van der Waals surface area (Å²) in [4.78, 5) is 31.3. The number of hydrogen-bond donors (Lipinski definition) is 2. The maximum atomic E-state index is 12.4. The highest BCUT2D eigenvalue weighted by molar-refractivity contribution is 7.09. The monoisotopic (exact) mass is 365 g/mol. The summed E-state index contributed by atoms with van der Waals surface area (Å²) in [7, 11) is 0. The highest BCUT2D eigenvalue weighted by Crippen LogP contribution is 2.38. The zero-order chi connectivity index (χ0) is 18.0. The van der Waals surface area contributed by atoms with E-state index in [2.05, 4.69) is 17.2 Å². The number of aromatic nitrogens is 1. The van der Waals surface area contributed by atoms with Crippen LogP contribution >= 0.6 is 11.3 Å². The zero-order valence-electron chi connectivity index (χ0n) is 14.9. The summed E-state index contributed by atoms with van der Waals surface area (Å²) in [5.74, 6) is 0.812. The number of rotatable bonds is 4. The van der Waals surface area contributed by atoms with Gasteiger partial charge in [-0.25, -0.2) is 4.98 Å². The molecule has 2 fully saturated rings. The second-order valence-electron chi connectivity index (χ2n) is 7.34. The second kappa shape index (κ2) is 7.83. The van der Waals surface area contributed by atoms with Gasteiger partial charge in [-0.05, 0) is 44.4 Å². The van der Waals surface area contributed by atoms with Crippen molar-refractivity contribution in [3.8, 4) is 0 Å². The SMILES string of the molecule is CC(=O)N1C[C@H](O)C[C@H]1C(=O)NCC1CCC(c2scnc2C)CC1. The fraction of sp³-hybridized carbons (Fsp3) is 0.722. The molecule has 0 spiro atoms. The van der Waals surface area contributed by atoms with Gasteiger partial charge >= 0.3 is 0 Å². The number of aliphatic hydroxyl groups is 1. The first kappa shape index (κ1) is 18.3. The van der Waals surface area contributed by atoms with Gasteiger partial charge in [-0.2, -0.15) is 0 Å². The first-order valence-corrected chi connectivity index (χ1v) is 9.96. The fourth-order valence-corrected chi connectivity index (χ4v) is 5.08. The first-order valence-electron chi connectivity index (χ1n) is 9.08. The van der Waals surface area contributed by atoms with Crippen LogP contribution in [-0.4, -0.2) is 52.0 Å². The van der Waals surface area contributed by atoms with Crippen molar-refractivity contribution < 1.29 is 14.7 Å². The lowest BCUT2D eigenvalue weighted by atomic mass is 9.81. The van der Waals surface area contributed by atoms with Gasteiger partial charge in [0.05, 0.1) is 17.3 Å². The normalized spacial score (nSPS) is 29.6. The first-order chi connectivity index (χ1) is 12.0. The number of nitrogens with one attached hydrogen (secondary N) is 1. The highest BCUT2D eigenvalue weighted by atomic mass is 32.1. The molecule has 6 nitrogen and oxygen atoms in total. The molecular formula is C18H27N3O3S. The van der Waals surface area contributed by atoms with E-state index in [9.17, 15) is 14.7 Å². The Kier molecular flexibility index (Phi) is 5.74. The van der Waals surface area contributed by atoms with E-state index < -0.39 is 12.1 Å². The number of nitrogens with zero attached hydrogens (tertiary/aromatic N) is 2. The second-order valence-corrected chi connectivity index (χ2v) is 8.23. The minimum atomic E-state index is -0.599. The van der Waals surface area contributed by atoms with Gasteiger partial charge in [-0.15, -0.1) is 11.3 Å². The molecule has 2 aliphatic rings. The molecule has 2 N–H and O–H groups in total. The van der Waals surface area contributed by atoms with E-state index >= 15 is 0 Å². The number of amides is 2. The molecule has 1 saturated carbocycles. The number of carbonyl (C=O) groups excluding carboxylic acids is 2. The van der Waals surface area contributed by atoms with E-state index in [4.69, 9.17) is 0 Å². The van der Waals surface area contributed by atoms with Gasteiger partial charge in [0, 0.05) is 31.3 Å². The third-order valence-electron chi connectivity index (χ3n) is 5.55. The Bertz CT molecular complexity index is 625. The maximum absolute atomic E-state index is 12.4. The summed E-state index contributed by atoms with van der Waals surface area (Å²) in [6.07, 6.45) is 4.23. The molecule has 0 radical (unpaired) electrons. The van der Waals surface area contributed by atoms with Crippen molar-refractivity contribution in [2.75, 3.05) is 13.1 Å². The molecule has 3 rings (SSSR count). The maximum Gasteiger partial charge on any atom is 0.242 e. The van der Waals surface area contributed by atoms with Crippen molar-refractivity contribution in [1.82, 2.24) is 15.2 Å². The number of thiazole rings is 1. The third-order valence-corrected chi connectivity index (χ3v) is 6.64. The Balaban J connectivity index is 1.46. The van der Waals surface area contributed by atoms with E-state index in [1.54, 1.807) is 11.3 Å². The minimum absolute atomic E-state index is 0.132. The van der Waals surface area contributed by atoms with E-state index in [0.717, 1.165) is 31.4 Å².